The third-order valence-corrected chi connectivity index (χ3v) is 6.77. The number of benzene rings is 3. The summed E-state index contributed by atoms with van der Waals surface area (Å²) >= 11 is 0. The number of anilines is 1. The monoisotopic (exact) mass is 656 g/mol. The van der Waals surface area contributed by atoms with Crippen LogP contribution in [0.3, 0.4) is 0 Å². The zero-order valence-corrected chi connectivity index (χ0v) is 25.7. The summed E-state index contributed by atoms with van der Waals surface area (Å²) in [4.78, 5) is 47.3. The molecule has 3 aromatic carbocycles. The average molecular weight is 657 g/mol. The van der Waals surface area contributed by atoms with Crippen molar-refractivity contribution >= 4 is 41.0 Å². The smallest absolute Gasteiger partial charge is 0.423 e. The van der Waals surface area contributed by atoms with E-state index in [-0.39, 0.29) is 18.6 Å². The molecule has 248 valence electrons. The van der Waals surface area contributed by atoms with Crippen LogP contribution >= 0.6 is 0 Å². The Hall–Kier alpha value is -5.50. The van der Waals surface area contributed by atoms with E-state index >= 15 is 0 Å². The van der Waals surface area contributed by atoms with E-state index in [2.05, 4.69) is 5.32 Å². The van der Waals surface area contributed by atoms with Crippen LogP contribution in [0.25, 0.3) is 12.2 Å². The van der Waals surface area contributed by atoms with Crippen molar-refractivity contribution in [3.8, 4) is 17.2 Å². The Morgan fingerprint density at radius 2 is 1.40 bits per heavy atom. The lowest BCUT2D eigenvalue weighted by Crippen LogP contribution is -2.42. The second-order valence-electron chi connectivity index (χ2n) is 10.4. The van der Waals surface area contributed by atoms with E-state index in [0.717, 1.165) is 13.0 Å². The van der Waals surface area contributed by atoms with Crippen molar-refractivity contribution in [2.75, 3.05) is 26.6 Å². The Morgan fingerprint density at radius 1 is 0.851 bits per heavy atom. The summed E-state index contributed by atoms with van der Waals surface area (Å²) in [5.41, 5.74) is -3.76. The van der Waals surface area contributed by atoms with Gasteiger partial charge >= 0.3 is 6.18 Å². The number of ether oxygens (including phenoxy) is 3. The molecule has 0 radical (unpaired) electrons. The number of amides is 1. The zero-order valence-electron chi connectivity index (χ0n) is 25.7. The van der Waals surface area contributed by atoms with E-state index in [1.54, 1.807) is 30.3 Å². The summed E-state index contributed by atoms with van der Waals surface area (Å²) < 4.78 is 55.7. The fraction of sp³-hybridized carbons (Fsp3) is 0.242. The number of carbonyl (C=O) groups excluding carboxylic acids is 3. The first-order chi connectivity index (χ1) is 22.1. The molecule has 0 aromatic heterocycles. The number of nitrogens with one attached hydrogen (secondary N) is 1. The fourth-order valence-corrected chi connectivity index (χ4v) is 4.35. The average Bonchev–Trinajstić information content (AvgIpc) is 3.02. The molecule has 0 aliphatic heterocycles. The number of nitro groups is 1. The summed E-state index contributed by atoms with van der Waals surface area (Å²) in [5.74, 6) is -0.708. The number of rotatable bonds is 14. The van der Waals surface area contributed by atoms with Gasteiger partial charge in [0, 0.05) is 18.2 Å². The standard InChI is InChI=1S/C33H31F3N2O9/c1-32(42,31(41)37-23-10-13-27(38(43)44)26(17-23)33(34,35)36)19-22-9-5-20(15-29(22)46-3)6-11-24(39)18-25(40)12-7-21-8-14-28(45-2)30(16-21)47-4/h5-17,42H,18-19H2,1-4H3,(H,37,41)/b11-6+,12-7+. The van der Waals surface area contributed by atoms with Gasteiger partial charge in [-0.05, 0) is 66.1 Å². The Morgan fingerprint density at radius 3 is 1.94 bits per heavy atom. The molecule has 0 saturated heterocycles. The maximum atomic E-state index is 13.3. The highest BCUT2D eigenvalue weighted by Gasteiger charge is 2.39. The van der Waals surface area contributed by atoms with Crippen molar-refractivity contribution < 1.29 is 51.8 Å². The van der Waals surface area contributed by atoms with Gasteiger partial charge in [-0.25, -0.2) is 0 Å². The van der Waals surface area contributed by atoms with Gasteiger partial charge in [-0.3, -0.25) is 24.5 Å². The minimum atomic E-state index is -5.06. The molecule has 0 saturated carbocycles. The van der Waals surface area contributed by atoms with Crippen molar-refractivity contribution in [2.45, 2.75) is 31.5 Å². The van der Waals surface area contributed by atoms with Crippen LogP contribution in [0.1, 0.15) is 35.6 Å². The van der Waals surface area contributed by atoms with Crippen LogP contribution in [0, 0.1) is 10.1 Å². The summed E-state index contributed by atoms with van der Waals surface area (Å²) in [6, 6.07) is 11.7. The summed E-state index contributed by atoms with van der Waals surface area (Å²) in [6.07, 6.45) is -0.260. The molecular weight excluding hydrogens is 625 g/mol. The number of halogens is 3. The first-order valence-corrected chi connectivity index (χ1v) is 13.8. The van der Waals surface area contributed by atoms with Gasteiger partial charge in [0.15, 0.2) is 23.1 Å². The summed E-state index contributed by atoms with van der Waals surface area (Å²) in [5, 5.41) is 24.0. The van der Waals surface area contributed by atoms with Crippen LogP contribution in [0.15, 0.2) is 66.7 Å². The van der Waals surface area contributed by atoms with Crippen molar-refractivity contribution in [2.24, 2.45) is 0 Å². The Labute approximate surface area is 267 Å². The third-order valence-electron chi connectivity index (χ3n) is 6.77. The number of hydrogen-bond donors (Lipinski definition) is 2. The molecule has 3 rings (SSSR count). The maximum Gasteiger partial charge on any atom is 0.423 e. The van der Waals surface area contributed by atoms with E-state index in [4.69, 9.17) is 14.2 Å². The Balaban J connectivity index is 1.66. The van der Waals surface area contributed by atoms with Crippen LogP contribution in [0.2, 0.25) is 0 Å². The predicted molar refractivity (Wildman–Crippen MR) is 166 cm³/mol. The van der Waals surface area contributed by atoms with Gasteiger partial charge in [0.05, 0.1) is 32.7 Å². The lowest BCUT2D eigenvalue weighted by atomic mass is 9.94. The zero-order chi connectivity index (χ0) is 34.9. The SMILES string of the molecule is COc1cc(/C=C/C(=O)CC(=O)/C=C/c2ccc(OC)c(OC)c2)ccc1CC(C)(O)C(=O)Nc1ccc([N+](=O)[O-])c(C(F)(F)F)c1. The van der Waals surface area contributed by atoms with Gasteiger partial charge in [-0.1, -0.05) is 30.4 Å². The van der Waals surface area contributed by atoms with E-state index in [1.165, 1.54) is 51.7 Å². The molecule has 0 spiro atoms. The number of hydrogen-bond acceptors (Lipinski definition) is 9. The van der Waals surface area contributed by atoms with Crippen molar-refractivity contribution in [1.82, 2.24) is 0 Å². The van der Waals surface area contributed by atoms with E-state index < -0.39 is 51.1 Å². The molecule has 0 heterocycles. The first kappa shape index (κ1) is 36.0. The molecule has 14 heteroatoms. The molecule has 47 heavy (non-hydrogen) atoms. The van der Waals surface area contributed by atoms with Gasteiger partial charge in [-0.2, -0.15) is 13.2 Å². The number of allylic oxidation sites excluding steroid dienone is 2. The van der Waals surface area contributed by atoms with Crippen LogP contribution in [-0.4, -0.2) is 54.4 Å². The summed E-state index contributed by atoms with van der Waals surface area (Å²) in [6.45, 7) is 1.14. The fourth-order valence-electron chi connectivity index (χ4n) is 4.35. The van der Waals surface area contributed by atoms with Crippen molar-refractivity contribution in [3.63, 3.8) is 0 Å². The molecule has 0 aliphatic carbocycles. The van der Waals surface area contributed by atoms with Gasteiger partial charge in [0.2, 0.25) is 0 Å². The van der Waals surface area contributed by atoms with E-state index in [1.807, 2.05) is 0 Å². The Kier molecular flexibility index (Phi) is 11.6. The lowest BCUT2D eigenvalue weighted by Gasteiger charge is -2.24. The van der Waals surface area contributed by atoms with Gasteiger partial charge in [0.1, 0.15) is 16.9 Å². The molecule has 0 fully saturated rings. The second-order valence-corrected chi connectivity index (χ2v) is 10.4. The normalized spacial score (nSPS) is 12.9. The second kappa shape index (κ2) is 15.2. The van der Waals surface area contributed by atoms with Crippen LogP contribution < -0.4 is 19.5 Å². The molecule has 1 amide bonds. The third kappa shape index (κ3) is 9.74. The number of ketones is 2. The molecule has 2 N–H and O–H groups in total. The lowest BCUT2D eigenvalue weighted by molar-refractivity contribution is -0.388. The number of nitrogens with zero attached hydrogens (tertiary/aromatic N) is 1. The largest absolute Gasteiger partial charge is 0.496 e. The number of alkyl halides is 3. The highest BCUT2D eigenvalue weighted by Crippen LogP contribution is 2.38. The molecule has 0 aliphatic rings. The van der Waals surface area contributed by atoms with Crippen molar-refractivity contribution in [3.05, 3.63) is 99.1 Å². The predicted octanol–water partition coefficient (Wildman–Crippen LogP) is 5.83. The summed E-state index contributed by atoms with van der Waals surface area (Å²) in [7, 11) is 4.33. The minimum absolute atomic E-state index is 0.233. The number of methoxy groups -OCH3 is 3. The van der Waals surface area contributed by atoms with E-state index in [9.17, 15) is 42.8 Å². The number of aliphatic hydroxyl groups is 1. The van der Waals surface area contributed by atoms with Crippen LogP contribution in [-0.2, 0) is 27.0 Å². The quantitative estimate of drug-likeness (QED) is 0.0945. The highest BCUT2D eigenvalue weighted by atomic mass is 19.4. The van der Waals surface area contributed by atoms with Gasteiger partial charge in [-0.15, -0.1) is 0 Å². The number of carbonyl (C=O) groups is 3. The van der Waals surface area contributed by atoms with Crippen LogP contribution in [0.5, 0.6) is 17.2 Å². The molecule has 11 nitrogen and oxygen atoms in total. The first-order valence-electron chi connectivity index (χ1n) is 13.8. The Bertz CT molecular complexity index is 1730. The van der Waals surface area contributed by atoms with Gasteiger partial charge in [0.25, 0.3) is 11.6 Å². The van der Waals surface area contributed by atoms with Crippen molar-refractivity contribution in [1.29, 1.82) is 0 Å². The molecule has 3 aromatic rings. The minimum Gasteiger partial charge on any atom is -0.496 e. The topological polar surface area (TPSA) is 154 Å². The van der Waals surface area contributed by atoms with E-state index in [0.29, 0.717) is 40.3 Å². The molecule has 1 unspecified atom stereocenters. The number of nitro benzene ring substituents is 1. The van der Waals surface area contributed by atoms with Crippen LogP contribution in [0.4, 0.5) is 24.5 Å². The highest BCUT2D eigenvalue weighted by molar-refractivity contribution is 6.11. The maximum absolute atomic E-state index is 13.3. The molecular formula is C33H31F3N2O9. The molecule has 1 atom stereocenters. The van der Waals surface area contributed by atoms with Gasteiger partial charge < -0.3 is 24.6 Å². The molecule has 0 bridgehead atoms.